The summed E-state index contributed by atoms with van der Waals surface area (Å²) in [4.78, 5) is 40.0. The van der Waals surface area contributed by atoms with E-state index in [1.165, 1.54) is 0 Å². The van der Waals surface area contributed by atoms with Crippen LogP contribution in [0.4, 0.5) is 11.6 Å². The zero-order valence-electron chi connectivity index (χ0n) is 20.2. The Bertz CT molecular complexity index is 1030. The summed E-state index contributed by atoms with van der Waals surface area (Å²) in [5, 5.41) is 5.71. The molecule has 0 bridgehead atoms. The number of rotatable bonds is 10. The molecule has 0 aromatic carbocycles. The van der Waals surface area contributed by atoms with Crippen LogP contribution in [0.3, 0.4) is 0 Å². The second kappa shape index (κ2) is 12.0. The molecule has 3 heterocycles. The van der Waals surface area contributed by atoms with Gasteiger partial charge in [0, 0.05) is 37.7 Å². The fraction of sp³-hybridized carbons (Fsp3) is 0.346. The predicted molar refractivity (Wildman–Crippen MR) is 133 cm³/mol. The van der Waals surface area contributed by atoms with Crippen LogP contribution in [0, 0.1) is 11.8 Å². The summed E-state index contributed by atoms with van der Waals surface area (Å²) in [5.41, 5.74) is 2.57. The van der Waals surface area contributed by atoms with E-state index in [0.29, 0.717) is 31.3 Å². The topological polar surface area (TPSA) is 100 Å². The predicted octanol–water partition coefficient (Wildman–Crippen LogP) is 4.26. The van der Waals surface area contributed by atoms with E-state index in [0.717, 1.165) is 17.1 Å². The van der Waals surface area contributed by atoms with Crippen molar-refractivity contribution in [3.8, 4) is 0 Å². The fourth-order valence-corrected chi connectivity index (χ4v) is 3.16. The average molecular weight is 461 g/mol. The van der Waals surface area contributed by atoms with Crippen molar-refractivity contribution in [2.75, 3.05) is 10.6 Å². The van der Waals surface area contributed by atoms with E-state index >= 15 is 0 Å². The lowest BCUT2D eigenvalue weighted by atomic mass is 10.2. The summed E-state index contributed by atoms with van der Waals surface area (Å²) in [7, 11) is 0. The van der Waals surface area contributed by atoms with Gasteiger partial charge in [-0.2, -0.15) is 0 Å². The van der Waals surface area contributed by atoms with Crippen LogP contribution in [0.2, 0.25) is 0 Å². The molecule has 8 nitrogen and oxygen atoms in total. The van der Waals surface area contributed by atoms with Crippen LogP contribution in [0.5, 0.6) is 0 Å². The van der Waals surface area contributed by atoms with Gasteiger partial charge >= 0.3 is 0 Å². The molecule has 0 aliphatic heterocycles. The van der Waals surface area contributed by atoms with Crippen molar-refractivity contribution < 1.29 is 9.59 Å². The van der Waals surface area contributed by atoms with Crippen molar-refractivity contribution in [1.82, 2.24) is 19.9 Å². The van der Waals surface area contributed by atoms with Gasteiger partial charge in [-0.15, -0.1) is 0 Å². The van der Waals surface area contributed by atoms with Crippen molar-refractivity contribution in [2.24, 2.45) is 11.8 Å². The van der Waals surface area contributed by atoms with Crippen molar-refractivity contribution in [3.05, 3.63) is 77.9 Å². The van der Waals surface area contributed by atoms with Crippen LogP contribution < -0.4 is 10.6 Å². The maximum atomic E-state index is 12.1. The van der Waals surface area contributed by atoms with Gasteiger partial charge in [0.1, 0.15) is 11.6 Å². The minimum Gasteiger partial charge on any atom is -0.310 e. The molecule has 0 fully saturated rings. The number of amides is 2. The Morgan fingerprint density at radius 1 is 0.706 bits per heavy atom. The van der Waals surface area contributed by atoms with Crippen LogP contribution in [-0.2, 0) is 29.2 Å². The van der Waals surface area contributed by atoms with E-state index in [1.54, 1.807) is 18.3 Å². The summed E-state index contributed by atoms with van der Waals surface area (Å²) in [5.74, 6) is 0.677. The number of hydrogen-bond donors (Lipinski definition) is 2. The lowest BCUT2D eigenvalue weighted by Crippen LogP contribution is -2.25. The Labute approximate surface area is 200 Å². The Kier molecular flexibility index (Phi) is 8.81. The molecule has 34 heavy (non-hydrogen) atoms. The van der Waals surface area contributed by atoms with Crippen molar-refractivity contribution in [1.29, 1.82) is 0 Å². The molecule has 0 unspecified atom stereocenters. The van der Waals surface area contributed by atoms with Crippen LogP contribution in [0.1, 0.15) is 44.8 Å². The minimum atomic E-state index is -0.124. The number of carbonyl (C=O) groups excluding carboxylic acids is 2. The molecule has 0 aliphatic carbocycles. The van der Waals surface area contributed by atoms with Gasteiger partial charge in [0.05, 0.1) is 17.1 Å². The van der Waals surface area contributed by atoms with E-state index < -0.39 is 0 Å². The second-order valence-electron chi connectivity index (χ2n) is 8.78. The number of hydrogen-bond acceptors (Lipinski definition) is 6. The monoisotopic (exact) mass is 460 g/mol. The van der Waals surface area contributed by atoms with Crippen LogP contribution in [0.15, 0.2) is 60.8 Å². The normalized spacial score (nSPS) is 11.1. The largest absolute Gasteiger partial charge is 0.310 e. The van der Waals surface area contributed by atoms with Gasteiger partial charge in [-0.1, -0.05) is 45.9 Å². The lowest BCUT2D eigenvalue weighted by molar-refractivity contribution is -0.119. The second-order valence-corrected chi connectivity index (χ2v) is 8.78. The van der Waals surface area contributed by atoms with Crippen LogP contribution in [-0.4, -0.2) is 31.7 Å². The minimum absolute atomic E-state index is 0.0700. The number of pyridine rings is 3. The first-order chi connectivity index (χ1) is 16.3. The smallest absolute Gasteiger partial charge is 0.228 e. The SMILES string of the molecule is CC(C)C(=O)Nc1cccc(CN(Cc2ccccn2)Cc2cccc(NC(=O)C(C)C)n2)n1. The molecule has 3 aromatic heterocycles. The van der Waals surface area contributed by atoms with E-state index in [-0.39, 0.29) is 23.7 Å². The number of nitrogens with zero attached hydrogens (tertiary/aromatic N) is 4. The van der Waals surface area contributed by atoms with Gasteiger partial charge in [-0.05, 0) is 36.4 Å². The highest BCUT2D eigenvalue weighted by Gasteiger charge is 2.14. The first kappa shape index (κ1) is 25.0. The Balaban J connectivity index is 1.79. The summed E-state index contributed by atoms with van der Waals surface area (Å²) in [6, 6.07) is 17.0. The number of carbonyl (C=O) groups is 2. The Morgan fingerprint density at radius 2 is 1.18 bits per heavy atom. The molecular weight excluding hydrogens is 428 g/mol. The summed E-state index contributed by atoms with van der Waals surface area (Å²) in [6.07, 6.45) is 1.77. The van der Waals surface area contributed by atoms with Gasteiger partial charge in [0.25, 0.3) is 0 Å². The van der Waals surface area contributed by atoms with Crippen molar-refractivity contribution >= 4 is 23.5 Å². The van der Waals surface area contributed by atoms with E-state index in [4.69, 9.17) is 0 Å². The van der Waals surface area contributed by atoms with Crippen LogP contribution in [0.25, 0.3) is 0 Å². The van der Waals surface area contributed by atoms with E-state index in [2.05, 4.69) is 30.5 Å². The maximum Gasteiger partial charge on any atom is 0.228 e. The molecule has 178 valence electrons. The van der Waals surface area contributed by atoms with Gasteiger partial charge in [0.15, 0.2) is 0 Å². The maximum absolute atomic E-state index is 12.1. The molecule has 3 rings (SSSR count). The Hall–Kier alpha value is -3.65. The number of nitrogens with one attached hydrogen (secondary N) is 2. The summed E-state index contributed by atoms with van der Waals surface area (Å²) < 4.78 is 0. The Morgan fingerprint density at radius 3 is 1.62 bits per heavy atom. The highest BCUT2D eigenvalue weighted by molar-refractivity contribution is 5.91. The standard InChI is InChI=1S/C26H32N6O2/c1-18(2)25(33)30-23-12-7-10-21(28-23)16-32(15-20-9-5-6-14-27-20)17-22-11-8-13-24(29-22)31-26(34)19(3)4/h5-14,18-19H,15-17H2,1-4H3,(H,28,30,33)(H,29,31,34). The summed E-state index contributed by atoms with van der Waals surface area (Å²) >= 11 is 0. The third kappa shape index (κ3) is 7.74. The van der Waals surface area contributed by atoms with Crippen LogP contribution >= 0.6 is 0 Å². The molecule has 0 atom stereocenters. The highest BCUT2D eigenvalue weighted by atomic mass is 16.2. The molecule has 0 radical (unpaired) electrons. The van der Waals surface area contributed by atoms with E-state index in [9.17, 15) is 9.59 Å². The highest BCUT2D eigenvalue weighted by Crippen LogP contribution is 2.15. The molecular formula is C26H32N6O2. The number of anilines is 2. The van der Waals surface area contributed by atoms with Gasteiger partial charge in [-0.25, -0.2) is 9.97 Å². The molecule has 0 spiro atoms. The average Bonchev–Trinajstić information content (AvgIpc) is 2.80. The quantitative estimate of drug-likeness (QED) is 0.469. The van der Waals surface area contributed by atoms with Gasteiger partial charge in [0.2, 0.25) is 11.8 Å². The zero-order chi connectivity index (χ0) is 24.5. The number of aromatic nitrogens is 3. The van der Waals surface area contributed by atoms with Crippen molar-refractivity contribution in [2.45, 2.75) is 47.3 Å². The molecule has 8 heteroatoms. The molecule has 2 amide bonds. The third-order valence-corrected chi connectivity index (χ3v) is 5.05. The summed E-state index contributed by atoms with van der Waals surface area (Å²) in [6.45, 7) is 9.04. The molecule has 0 saturated heterocycles. The molecule has 0 saturated carbocycles. The zero-order valence-corrected chi connectivity index (χ0v) is 20.2. The van der Waals surface area contributed by atoms with Gasteiger partial charge < -0.3 is 10.6 Å². The first-order valence-electron chi connectivity index (χ1n) is 11.5. The lowest BCUT2D eigenvalue weighted by Gasteiger charge is -2.22. The van der Waals surface area contributed by atoms with Crippen molar-refractivity contribution in [3.63, 3.8) is 0 Å². The molecule has 0 aliphatic rings. The molecule has 2 N–H and O–H groups in total. The fourth-order valence-electron chi connectivity index (χ4n) is 3.16. The molecule has 3 aromatic rings. The van der Waals surface area contributed by atoms with Gasteiger partial charge in [-0.3, -0.25) is 19.5 Å². The first-order valence-corrected chi connectivity index (χ1v) is 11.5. The van der Waals surface area contributed by atoms with E-state index in [1.807, 2.05) is 70.2 Å². The third-order valence-electron chi connectivity index (χ3n) is 5.05.